The maximum Gasteiger partial charge on any atom is 0.306 e. The van der Waals surface area contributed by atoms with Crippen molar-refractivity contribution in [2.75, 3.05) is 13.2 Å². The molecular formula is C71H121NO10. The lowest BCUT2D eigenvalue weighted by molar-refractivity contribution is -0.305. The van der Waals surface area contributed by atoms with Crippen molar-refractivity contribution < 1.29 is 49.3 Å². The Labute approximate surface area is 500 Å². The SMILES string of the molecule is CC/C=C\C/C=C\C/C=C\C/C=C\C/C=C\C/C=C\CCC(=O)OC1C(OCC(NC(=O)C(O)CCCCCCCCCCCCCC/C=C\C/C=C\CCCCC)C(O)/C=C/CCCCCCCCCCCC)OC(CO)C(O)C1O. The molecule has 6 N–H and O–H groups in total. The van der Waals surface area contributed by atoms with E-state index in [1.54, 1.807) is 6.08 Å². The van der Waals surface area contributed by atoms with Crippen molar-refractivity contribution >= 4 is 11.9 Å². The van der Waals surface area contributed by atoms with E-state index in [2.05, 4.69) is 111 Å². The average molecular weight is 1150 g/mol. The van der Waals surface area contributed by atoms with Crippen molar-refractivity contribution in [2.45, 2.75) is 314 Å². The first kappa shape index (κ1) is 76.3. The first-order valence-corrected chi connectivity index (χ1v) is 33.2. The van der Waals surface area contributed by atoms with Crippen molar-refractivity contribution in [1.82, 2.24) is 5.32 Å². The maximum absolute atomic E-state index is 13.5. The van der Waals surface area contributed by atoms with Gasteiger partial charge in [0.1, 0.15) is 24.4 Å². The lowest BCUT2D eigenvalue weighted by Crippen LogP contribution is -2.61. The normalized spacial score (nSPS) is 19.3. The monoisotopic (exact) mass is 1150 g/mol. The van der Waals surface area contributed by atoms with Gasteiger partial charge < -0.3 is 45.1 Å². The molecule has 1 aliphatic rings. The van der Waals surface area contributed by atoms with E-state index < -0.39 is 67.4 Å². The summed E-state index contributed by atoms with van der Waals surface area (Å²) in [7, 11) is 0. The van der Waals surface area contributed by atoms with Crippen LogP contribution in [0.15, 0.2) is 109 Å². The van der Waals surface area contributed by atoms with E-state index in [0.29, 0.717) is 19.3 Å². The number of ether oxygens (including phenoxy) is 3. The fourth-order valence-electron chi connectivity index (χ4n) is 9.71. The van der Waals surface area contributed by atoms with E-state index in [-0.39, 0.29) is 19.4 Å². The van der Waals surface area contributed by atoms with E-state index in [4.69, 9.17) is 14.2 Å². The first-order valence-electron chi connectivity index (χ1n) is 33.2. The number of carbonyl (C=O) groups is 2. The number of nitrogens with one attached hydrogen (secondary N) is 1. The van der Waals surface area contributed by atoms with Gasteiger partial charge in [0, 0.05) is 6.42 Å². The zero-order valence-corrected chi connectivity index (χ0v) is 52.1. The van der Waals surface area contributed by atoms with Gasteiger partial charge in [0.25, 0.3) is 0 Å². The van der Waals surface area contributed by atoms with Crippen LogP contribution in [-0.4, -0.2) is 99.6 Å². The van der Waals surface area contributed by atoms with E-state index in [9.17, 15) is 35.1 Å². The quantitative estimate of drug-likeness (QED) is 0.0195. The molecule has 0 saturated carbocycles. The molecule has 1 saturated heterocycles. The number of aliphatic hydroxyl groups is 5. The lowest BCUT2D eigenvalue weighted by atomic mass is 9.99. The van der Waals surface area contributed by atoms with E-state index in [1.165, 1.54) is 128 Å². The van der Waals surface area contributed by atoms with Crippen LogP contribution in [0.5, 0.6) is 0 Å². The molecule has 0 aliphatic carbocycles. The number of unbranched alkanes of at least 4 members (excludes halogenated alkanes) is 25. The molecule has 1 fully saturated rings. The third kappa shape index (κ3) is 44.8. The molecule has 11 nitrogen and oxygen atoms in total. The molecule has 11 heteroatoms. The molecule has 0 aromatic carbocycles. The second-order valence-electron chi connectivity index (χ2n) is 22.5. The van der Waals surface area contributed by atoms with Gasteiger partial charge in [-0.3, -0.25) is 9.59 Å². The summed E-state index contributed by atoms with van der Waals surface area (Å²) in [4.78, 5) is 26.6. The second kappa shape index (κ2) is 57.7. The van der Waals surface area contributed by atoms with Crippen molar-refractivity contribution in [3.63, 3.8) is 0 Å². The number of hydrogen-bond donors (Lipinski definition) is 6. The number of allylic oxidation sites excluding steroid dienone is 17. The Hall–Kier alpha value is -3.68. The van der Waals surface area contributed by atoms with E-state index >= 15 is 0 Å². The molecule has 8 unspecified atom stereocenters. The third-order valence-corrected chi connectivity index (χ3v) is 14.9. The van der Waals surface area contributed by atoms with Gasteiger partial charge in [-0.1, -0.05) is 271 Å². The zero-order chi connectivity index (χ0) is 59.6. The summed E-state index contributed by atoms with van der Waals surface area (Å²) in [6.45, 7) is 5.62. The Kier molecular flexibility index (Phi) is 53.7. The molecule has 0 aromatic rings. The number of hydrogen-bond acceptors (Lipinski definition) is 10. The summed E-state index contributed by atoms with van der Waals surface area (Å²) in [5, 5.41) is 57.1. The minimum absolute atomic E-state index is 0.00620. The number of amides is 1. The smallest absolute Gasteiger partial charge is 0.306 e. The summed E-state index contributed by atoms with van der Waals surface area (Å²) in [6.07, 6.45) is 68.5. The van der Waals surface area contributed by atoms with Crippen LogP contribution in [0, 0.1) is 0 Å². The predicted octanol–water partition coefficient (Wildman–Crippen LogP) is 16.4. The average Bonchev–Trinajstić information content (AvgIpc) is 3.44. The van der Waals surface area contributed by atoms with Gasteiger partial charge >= 0.3 is 5.97 Å². The van der Waals surface area contributed by atoms with Gasteiger partial charge in [-0.2, -0.15) is 0 Å². The van der Waals surface area contributed by atoms with Crippen LogP contribution in [0.4, 0.5) is 0 Å². The van der Waals surface area contributed by atoms with Crippen molar-refractivity contribution in [3.05, 3.63) is 109 Å². The fraction of sp³-hybridized carbons (Fsp3) is 0.718. The lowest BCUT2D eigenvalue weighted by Gasteiger charge is -2.41. The number of rotatable bonds is 55. The van der Waals surface area contributed by atoms with Gasteiger partial charge in [0.15, 0.2) is 12.4 Å². The largest absolute Gasteiger partial charge is 0.454 e. The molecule has 0 spiro atoms. The number of carbonyl (C=O) groups excluding carboxylic acids is 2. The molecule has 0 aromatic heterocycles. The zero-order valence-electron chi connectivity index (χ0n) is 52.1. The number of aliphatic hydroxyl groups excluding tert-OH is 5. The maximum atomic E-state index is 13.5. The Balaban J connectivity index is 2.67. The molecule has 1 heterocycles. The molecule has 8 atom stereocenters. The minimum Gasteiger partial charge on any atom is -0.454 e. The van der Waals surface area contributed by atoms with Gasteiger partial charge in [0.2, 0.25) is 5.91 Å². The molecule has 470 valence electrons. The molecule has 1 amide bonds. The van der Waals surface area contributed by atoms with Crippen molar-refractivity contribution in [2.24, 2.45) is 0 Å². The van der Waals surface area contributed by atoms with Crippen LogP contribution in [0.1, 0.15) is 265 Å². The topological polar surface area (TPSA) is 175 Å². The van der Waals surface area contributed by atoms with Gasteiger partial charge in [-0.05, 0) is 96.3 Å². The summed E-state index contributed by atoms with van der Waals surface area (Å²) in [6, 6.07) is -1.05. The van der Waals surface area contributed by atoms with Crippen molar-refractivity contribution in [1.29, 1.82) is 0 Å². The van der Waals surface area contributed by atoms with Crippen LogP contribution < -0.4 is 5.32 Å². The van der Waals surface area contributed by atoms with Crippen molar-refractivity contribution in [3.8, 4) is 0 Å². The van der Waals surface area contributed by atoms with Crippen LogP contribution in [-0.2, 0) is 23.8 Å². The summed E-state index contributed by atoms with van der Waals surface area (Å²) >= 11 is 0. The highest BCUT2D eigenvalue weighted by Crippen LogP contribution is 2.26. The third-order valence-electron chi connectivity index (χ3n) is 14.9. The molecule has 82 heavy (non-hydrogen) atoms. The minimum atomic E-state index is -1.65. The first-order chi connectivity index (χ1) is 40.2. The molecule has 0 radical (unpaired) electrons. The number of esters is 1. The summed E-state index contributed by atoms with van der Waals surface area (Å²) in [5.74, 6) is -1.29. The highest BCUT2D eigenvalue weighted by molar-refractivity contribution is 5.80. The highest BCUT2D eigenvalue weighted by atomic mass is 16.7. The summed E-state index contributed by atoms with van der Waals surface area (Å²) in [5.41, 5.74) is 0. The van der Waals surface area contributed by atoms with Crippen LogP contribution in [0.2, 0.25) is 0 Å². The van der Waals surface area contributed by atoms with Gasteiger partial charge in [0.05, 0.1) is 25.4 Å². The Morgan fingerprint density at radius 1 is 0.488 bits per heavy atom. The Morgan fingerprint density at radius 3 is 1.34 bits per heavy atom. The Bertz CT molecular complexity index is 1750. The highest BCUT2D eigenvalue weighted by Gasteiger charge is 2.47. The predicted molar refractivity (Wildman–Crippen MR) is 342 cm³/mol. The molecule has 1 aliphatic heterocycles. The molecule has 0 bridgehead atoms. The van der Waals surface area contributed by atoms with Gasteiger partial charge in [-0.15, -0.1) is 0 Å². The van der Waals surface area contributed by atoms with E-state index in [1.807, 2.05) is 18.2 Å². The van der Waals surface area contributed by atoms with Gasteiger partial charge in [-0.25, -0.2) is 0 Å². The fourth-order valence-corrected chi connectivity index (χ4v) is 9.71. The molecule has 1 rings (SSSR count). The summed E-state index contributed by atoms with van der Waals surface area (Å²) < 4.78 is 17.6. The van der Waals surface area contributed by atoms with Crippen LogP contribution >= 0.6 is 0 Å². The van der Waals surface area contributed by atoms with Crippen LogP contribution in [0.3, 0.4) is 0 Å². The van der Waals surface area contributed by atoms with Crippen LogP contribution in [0.25, 0.3) is 0 Å². The Morgan fingerprint density at radius 2 is 0.878 bits per heavy atom. The second-order valence-corrected chi connectivity index (χ2v) is 22.5. The molecular weight excluding hydrogens is 1030 g/mol. The van der Waals surface area contributed by atoms with E-state index in [0.717, 1.165) is 83.5 Å². The standard InChI is InChI=1S/C71H121NO10/c1-4-7-10-13-16-19-22-25-27-29-31-32-33-35-36-38-40-43-46-49-52-55-58-64(75)70(79)72-62(63(74)57-54-51-48-45-42-24-21-18-15-12-9-6-3)61-80-71-69(68(78)67(77)65(60-73)81-71)82-66(76)59-56-53-50-47-44-41-39-37-34-30-28-26-23-20-17-14-11-8-5-2/h8,11,16-17,19-20,25-28,34,37,41,44,50,53-54,57,62-65,67-69,71,73-75,77-78H,4-7,9-10,12-15,18,21-24,29-33,35-36,38-40,42-43,45-49,51-52,55-56,58-61H2,1-3H3,(H,72,79)/b11-8-,19-16-,20-17-,27-25-,28-26-,37-34-,44-41-,53-50-,57-54+.